The summed E-state index contributed by atoms with van der Waals surface area (Å²) in [6.07, 6.45) is 0. The van der Waals surface area contributed by atoms with Gasteiger partial charge in [0.25, 0.3) is 5.91 Å². The lowest BCUT2D eigenvalue weighted by molar-refractivity contribution is -0.140. The van der Waals surface area contributed by atoms with E-state index in [1.165, 1.54) is 0 Å². The predicted molar refractivity (Wildman–Crippen MR) is 155 cm³/mol. The van der Waals surface area contributed by atoms with Gasteiger partial charge in [0.2, 0.25) is 12.7 Å². The number of rotatable bonds is 8. The molecule has 2 heterocycles. The van der Waals surface area contributed by atoms with Crippen LogP contribution in [0.1, 0.15) is 22.7 Å². The molecule has 41 heavy (non-hydrogen) atoms. The molecule has 0 saturated heterocycles. The number of carbonyl (C=O) groups excluding carboxylic acids is 2. The molecule has 1 N–H and O–H groups in total. The van der Waals surface area contributed by atoms with Crippen molar-refractivity contribution in [2.75, 3.05) is 12.1 Å². The summed E-state index contributed by atoms with van der Waals surface area (Å²) in [5.74, 6) is 0.451. The number of fused-ring (bicyclic) bond motifs is 2. The van der Waals surface area contributed by atoms with Crippen molar-refractivity contribution in [1.82, 2.24) is 19.9 Å². The summed E-state index contributed by atoms with van der Waals surface area (Å²) in [5, 5.41) is 11.9. The van der Waals surface area contributed by atoms with Crippen molar-refractivity contribution in [3.8, 4) is 11.5 Å². The van der Waals surface area contributed by atoms with Gasteiger partial charge in [0, 0.05) is 23.3 Å². The molecule has 4 aromatic carbocycles. The molecule has 0 aliphatic carbocycles. The Kier molecular flexibility index (Phi) is 7.26. The van der Waals surface area contributed by atoms with E-state index in [4.69, 9.17) is 21.1 Å². The molecule has 1 aliphatic heterocycles. The van der Waals surface area contributed by atoms with Crippen LogP contribution in [0, 0.1) is 6.92 Å². The van der Waals surface area contributed by atoms with Crippen LogP contribution in [0.3, 0.4) is 0 Å². The van der Waals surface area contributed by atoms with Crippen molar-refractivity contribution >= 4 is 40.1 Å². The van der Waals surface area contributed by atoms with E-state index in [0.717, 1.165) is 16.6 Å². The van der Waals surface area contributed by atoms with Crippen LogP contribution in [-0.4, -0.2) is 38.5 Å². The summed E-state index contributed by atoms with van der Waals surface area (Å²) < 4.78 is 12.4. The van der Waals surface area contributed by atoms with Crippen LogP contribution < -0.4 is 14.8 Å². The second kappa shape index (κ2) is 11.3. The van der Waals surface area contributed by atoms with Gasteiger partial charge in [0.15, 0.2) is 11.5 Å². The fourth-order valence-electron chi connectivity index (χ4n) is 4.85. The molecule has 10 heteroatoms. The summed E-state index contributed by atoms with van der Waals surface area (Å²) >= 11 is 6.20. The molecule has 0 radical (unpaired) electrons. The van der Waals surface area contributed by atoms with E-state index in [-0.39, 0.29) is 25.8 Å². The Labute approximate surface area is 241 Å². The van der Waals surface area contributed by atoms with E-state index in [2.05, 4.69) is 15.6 Å². The van der Waals surface area contributed by atoms with Gasteiger partial charge < -0.3 is 19.7 Å². The molecular weight excluding hydrogens is 542 g/mol. The molecule has 0 bridgehead atoms. The molecular formula is C31H26ClN5O4. The van der Waals surface area contributed by atoms with Crippen LogP contribution in [0.15, 0.2) is 91.0 Å². The standard InChI is InChI=1S/C31H26ClN5O4/c1-20-6-2-3-7-22(20)17-36(29(38)18-37-26-9-5-4-8-25(26)34-35-37)30(21-10-12-23(32)13-11-21)31(39)33-24-14-15-27-28(16-24)41-19-40-27/h2-16,30H,17-19H2,1H3,(H,33,39)/t30-/m0/s1. The number of nitrogens with zero attached hydrogens (tertiary/aromatic N) is 4. The molecule has 5 aromatic rings. The fraction of sp³-hybridized carbons (Fsp3) is 0.161. The first kappa shape index (κ1) is 26.3. The van der Waals surface area contributed by atoms with Gasteiger partial charge in [-0.05, 0) is 60.0 Å². The Morgan fingerprint density at radius 3 is 2.56 bits per heavy atom. The van der Waals surface area contributed by atoms with Crippen molar-refractivity contribution in [3.63, 3.8) is 0 Å². The normalized spacial score (nSPS) is 12.7. The van der Waals surface area contributed by atoms with Crippen molar-refractivity contribution in [1.29, 1.82) is 0 Å². The minimum absolute atomic E-state index is 0.103. The summed E-state index contributed by atoms with van der Waals surface area (Å²) in [7, 11) is 0. The summed E-state index contributed by atoms with van der Waals surface area (Å²) in [6.45, 7) is 2.19. The molecule has 1 atom stereocenters. The lowest BCUT2D eigenvalue weighted by Crippen LogP contribution is -2.42. The van der Waals surface area contributed by atoms with Gasteiger partial charge in [-0.2, -0.15) is 0 Å². The van der Waals surface area contributed by atoms with Crippen LogP contribution >= 0.6 is 11.6 Å². The van der Waals surface area contributed by atoms with Crippen LogP contribution in [0.25, 0.3) is 11.0 Å². The topological polar surface area (TPSA) is 98.6 Å². The molecule has 9 nitrogen and oxygen atoms in total. The van der Waals surface area contributed by atoms with Crippen LogP contribution in [0.2, 0.25) is 5.02 Å². The van der Waals surface area contributed by atoms with E-state index in [1.54, 1.807) is 52.0 Å². The zero-order valence-corrected chi connectivity index (χ0v) is 22.9. The van der Waals surface area contributed by atoms with E-state index in [9.17, 15) is 9.59 Å². The van der Waals surface area contributed by atoms with Crippen molar-refractivity contribution in [2.24, 2.45) is 0 Å². The lowest BCUT2D eigenvalue weighted by atomic mass is 10.0. The second-order valence-corrected chi connectivity index (χ2v) is 10.1. The Morgan fingerprint density at radius 1 is 0.976 bits per heavy atom. The lowest BCUT2D eigenvalue weighted by Gasteiger charge is -2.32. The molecule has 0 unspecified atom stereocenters. The van der Waals surface area contributed by atoms with Gasteiger partial charge in [-0.15, -0.1) is 5.10 Å². The maximum Gasteiger partial charge on any atom is 0.251 e. The number of halogens is 1. The highest BCUT2D eigenvalue weighted by Crippen LogP contribution is 2.35. The minimum Gasteiger partial charge on any atom is -0.454 e. The minimum atomic E-state index is -0.986. The first-order valence-electron chi connectivity index (χ1n) is 13.0. The Bertz CT molecular complexity index is 1740. The smallest absolute Gasteiger partial charge is 0.251 e. The number of nitrogens with one attached hydrogen (secondary N) is 1. The molecule has 1 aliphatic rings. The number of carbonyl (C=O) groups is 2. The third kappa shape index (κ3) is 5.57. The number of aromatic nitrogens is 3. The fourth-order valence-corrected chi connectivity index (χ4v) is 4.98. The number of amides is 2. The number of anilines is 1. The zero-order chi connectivity index (χ0) is 28.3. The average Bonchev–Trinajstić information content (AvgIpc) is 3.61. The van der Waals surface area contributed by atoms with Gasteiger partial charge in [0.05, 0.1) is 5.52 Å². The van der Waals surface area contributed by atoms with E-state index in [1.807, 2.05) is 55.5 Å². The monoisotopic (exact) mass is 567 g/mol. The van der Waals surface area contributed by atoms with E-state index >= 15 is 0 Å². The zero-order valence-electron chi connectivity index (χ0n) is 22.2. The SMILES string of the molecule is Cc1ccccc1CN(C(=O)Cn1nnc2ccccc21)[C@H](C(=O)Nc1ccc2c(c1)OCO2)c1ccc(Cl)cc1. The number of hydrogen-bond donors (Lipinski definition) is 1. The second-order valence-electron chi connectivity index (χ2n) is 9.70. The molecule has 0 saturated carbocycles. The number of benzene rings is 4. The van der Waals surface area contributed by atoms with Gasteiger partial charge in [0.1, 0.15) is 18.1 Å². The van der Waals surface area contributed by atoms with Crippen LogP contribution in [-0.2, 0) is 22.7 Å². The van der Waals surface area contributed by atoms with Gasteiger partial charge >= 0.3 is 0 Å². The Balaban J connectivity index is 1.39. The Morgan fingerprint density at radius 2 is 1.73 bits per heavy atom. The Hall–Kier alpha value is -4.89. The first-order chi connectivity index (χ1) is 20.0. The number of ether oxygens (including phenoxy) is 2. The van der Waals surface area contributed by atoms with Gasteiger partial charge in [-0.3, -0.25) is 9.59 Å². The largest absolute Gasteiger partial charge is 0.454 e. The molecule has 2 amide bonds. The van der Waals surface area contributed by atoms with E-state index in [0.29, 0.717) is 33.3 Å². The summed E-state index contributed by atoms with van der Waals surface area (Å²) in [6, 6.07) is 26.3. The average molecular weight is 568 g/mol. The number of para-hydroxylation sites is 1. The summed E-state index contributed by atoms with van der Waals surface area (Å²) in [4.78, 5) is 29.8. The molecule has 1 aromatic heterocycles. The first-order valence-corrected chi connectivity index (χ1v) is 13.4. The number of hydrogen-bond acceptors (Lipinski definition) is 6. The van der Waals surface area contributed by atoms with Crippen LogP contribution in [0.5, 0.6) is 11.5 Å². The van der Waals surface area contributed by atoms with Crippen molar-refractivity contribution in [3.05, 3.63) is 113 Å². The van der Waals surface area contributed by atoms with Gasteiger partial charge in [-0.25, -0.2) is 4.68 Å². The molecule has 6 rings (SSSR count). The van der Waals surface area contributed by atoms with Crippen molar-refractivity contribution in [2.45, 2.75) is 26.1 Å². The third-order valence-corrected chi connectivity index (χ3v) is 7.27. The maximum atomic E-state index is 14.2. The highest BCUT2D eigenvalue weighted by atomic mass is 35.5. The predicted octanol–water partition coefficient (Wildman–Crippen LogP) is 5.53. The van der Waals surface area contributed by atoms with Crippen molar-refractivity contribution < 1.29 is 19.1 Å². The van der Waals surface area contributed by atoms with E-state index < -0.39 is 11.9 Å². The third-order valence-electron chi connectivity index (χ3n) is 7.01. The number of aryl methyl sites for hydroxylation is 1. The maximum absolute atomic E-state index is 14.2. The highest BCUT2D eigenvalue weighted by Gasteiger charge is 2.33. The quantitative estimate of drug-likeness (QED) is 0.265. The molecule has 0 fully saturated rings. The highest BCUT2D eigenvalue weighted by molar-refractivity contribution is 6.30. The molecule has 0 spiro atoms. The van der Waals surface area contributed by atoms with Gasteiger partial charge in [-0.1, -0.05) is 65.3 Å². The molecule has 206 valence electrons. The van der Waals surface area contributed by atoms with Crippen LogP contribution in [0.4, 0.5) is 5.69 Å². The summed E-state index contributed by atoms with van der Waals surface area (Å²) in [5.41, 5.74) is 4.45.